The third-order valence-corrected chi connectivity index (χ3v) is 5.39. The van der Waals surface area contributed by atoms with E-state index in [0.717, 1.165) is 33.8 Å². The lowest BCUT2D eigenvalue weighted by Gasteiger charge is -2.35. The van der Waals surface area contributed by atoms with Crippen LogP contribution in [0.15, 0.2) is 83.7 Å². The van der Waals surface area contributed by atoms with E-state index in [1.807, 2.05) is 71.6 Å². The van der Waals surface area contributed by atoms with Crippen molar-refractivity contribution in [1.29, 1.82) is 0 Å². The maximum absolute atomic E-state index is 13.5. The van der Waals surface area contributed by atoms with Gasteiger partial charge in [0.05, 0.1) is 17.4 Å². The van der Waals surface area contributed by atoms with Gasteiger partial charge in [0.15, 0.2) is 0 Å². The zero-order valence-corrected chi connectivity index (χ0v) is 16.4. The van der Waals surface area contributed by atoms with Gasteiger partial charge in [-0.25, -0.2) is 0 Å². The fourth-order valence-corrected chi connectivity index (χ4v) is 3.88. The maximum atomic E-state index is 13.5. The number of benzene rings is 2. The van der Waals surface area contributed by atoms with Crippen LogP contribution in [0, 0.1) is 0 Å². The standard InChI is InChI=1S/C23H23N3OS/c24-19-10-11-22-18(13-19)12-17-8-4-5-9-21(17)26(22)23(27)20(15-28)25-14-16-6-2-1-3-7-16/h1-12,20,25,28H,13-15,24H2/t20-/m0/s1. The van der Waals surface area contributed by atoms with Gasteiger partial charge in [0, 0.05) is 24.4 Å². The van der Waals surface area contributed by atoms with Crippen molar-refractivity contribution in [2.24, 2.45) is 5.73 Å². The van der Waals surface area contributed by atoms with Crippen LogP contribution in [0.5, 0.6) is 0 Å². The van der Waals surface area contributed by atoms with Gasteiger partial charge in [-0.15, -0.1) is 0 Å². The number of nitrogens with two attached hydrogens (primary N) is 1. The number of nitrogens with one attached hydrogen (secondary N) is 1. The SMILES string of the molecule is NC1=CC=C2C(=Cc3ccccc3N2C(=O)[C@H](CS)NCc2ccccc2)C1. The zero-order valence-electron chi connectivity index (χ0n) is 15.5. The Morgan fingerprint density at radius 2 is 1.86 bits per heavy atom. The molecular formula is C23H23N3OS. The summed E-state index contributed by atoms with van der Waals surface area (Å²) in [6.45, 7) is 0.613. The summed E-state index contributed by atoms with van der Waals surface area (Å²) in [5.74, 6) is 0.401. The number of fused-ring (bicyclic) bond motifs is 2. The van der Waals surface area contributed by atoms with Crippen molar-refractivity contribution in [3.63, 3.8) is 0 Å². The van der Waals surface area contributed by atoms with Gasteiger partial charge in [0.1, 0.15) is 0 Å². The molecule has 4 nitrogen and oxygen atoms in total. The first-order valence-corrected chi connectivity index (χ1v) is 9.99. The van der Waals surface area contributed by atoms with Gasteiger partial charge in [0.2, 0.25) is 5.91 Å². The van der Waals surface area contributed by atoms with Gasteiger partial charge < -0.3 is 11.1 Å². The fraction of sp³-hybridized carbons (Fsp3) is 0.174. The van der Waals surface area contributed by atoms with Crippen LogP contribution in [0.4, 0.5) is 5.69 Å². The smallest absolute Gasteiger partial charge is 0.249 e. The second kappa shape index (κ2) is 8.09. The van der Waals surface area contributed by atoms with Crippen molar-refractivity contribution in [3.8, 4) is 0 Å². The second-order valence-corrected chi connectivity index (χ2v) is 7.34. The first-order chi connectivity index (χ1) is 13.7. The summed E-state index contributed by atoms with van der Waals surface area (Å²) in [5.41, 5.74) is 11.8. The molecule has 28 heavy (non-hydrogen) atoms. The largest absolute Gasteiger partial charge is 0.402 e. The van der Waals surface area contributed by atoms with E-state index in [4.69, 9.17) is 5.73 Å². The van der Waals surface area contributed by atoms with Crippen LogP contribution >= 0.6 is 12.6 Å². The summed E-state index contributed by atoms with van der Waals surface area (Å²) < 4.78 is 0. The van der Waals surface area contributed by atoms with Crippen LogP contribution in [0.2, 0.25) is 0 Å². The number of para-hydroxylation sites is 1. The van der Waals surface area contributed by atoms with Gasteiger partial charge >= 0.3 is 0 Å². The van der Waals surface area contributed by atoms with E-state index in [-0.39, 0.29) is 5.91 Å². The van der Waals surface area contributed by atoms with Gasteiger partial charge in [-0.1, -0.05) is 48.5 Å². The second-order valence-electron chi connectivity index (χ2n) is 6.97. The van der Waals surface area contributed by atoms with E-state index in [2.05, 4.69) is 24.0 Å². The van der Waals surface area contributed by atoms with E-state index < -0.39 is 6.04 Å². The number of carbonyl (C=O) groups is 1. The first kappa shape index (κ1) is 18.6. The van der Waals surface area contributed by atoms with Crippen molar-refractivity contribution in [2.45, 2.75) is 19.0 Å². The number of carbonyl (C=O) groups excluding carboxylic acids is 1. The Labute approximate surface area is 170 Å². The average Bonchev–Trinajstić information content (AvgIpc) is 2.73. The molecule has 0 fully saturated rings. The highest BCUT2D eigenvalue weighted by Gasteiger charge is 2.32. The Balaban J connectivity index is 1.64. The van der Waals surface area contributed by atoms with E-state index >= 15 is 0 Å². The summed E-state index contributed by atoms with van der Waals surface area (Å²) >= 11 is 4.45. The average molecular weight is 390 g/mol. The highest BCUT2D eigenvalue weighted by atomic mass is 32.1. The Kier molecular flexibility index (Phi) is 5.37. The van der Waals surface area contributed by atoms with Crippen LogP contribution in [-0.2, 0) is 11.3 Å². The normalized spacial score (nSPS) is 16.3. The molecule has 2 aliphatic rings. The van der Waals surface area contributed by atoms with Gasteiger partial charge in [-0.2, -0.15) is 12.6 Å². The Bertz CT molecular complexity index is 978. The van der Waals surface area contributed by atoms with E-state index in [9.17, 15) is 4.79 Å². The maximum Gasteiger partial charge on any atom is 0.249 e. The molecule has 4 rings (SSSR count). The molecule has 1 heterocycles. The van der Waals surface area contributed by atoms with Crippen LogP contribution in [0.3, 0.4) is 0 Å². The molecule has 2 aromatic carbocycles. The van der Waals surface area contributed by atoms with Crippen molar-refractivity contribution in [3.05, 3.63) is 94.8 Å². The van der Waals surface area contributed by atoms with Gasteiger partial charge in [0.25, 0.3) is 0 Å². The molecule has 142 valence electrons. The van der Waals surface area contributed by atoms with Crippen LogP contribution < -0.4 is 16.0 Å². The third kappa shape index (κ3) is 3.63. The minimum absolute atomic E-state index is 0.0101. The summed E-state index contributed by atoms with van der Waals surface area (Å²) in [7, 11) is 0. The molecule has 0 saturated heterocycles. The lowest BCUT2D eigenvalue weighted by molar-refractivity contribution is -0.119. The summed E-state index contributed by atoms with van der Waals surface area (Å²) in [5, 5.41) is 3.36. The molecule has 1 amide bonds. The van der Waals surface area contributed by atoms with Crippen molar-refractivity contribution < 1.29 is 4.79 Å². The van der Waals surface area contributed by atoms with E-state index in [1.165, 1.54) is 0 Å². The number of anilines is 1. The first-order valence-electron chi connectivity index (χ1n) is 9.36. The minimum atomic E-state index is -0.403. The molecule has 2 aromatic rings. The van der Waals surface area contributed by atoms with E-state index in [1.54, 1.807) is 0 Å². The number of hydrogen-bond donors (Lipinski definition) is 3. The molecule has 1 atom stereocenters. The molecule has 1 aliphatic heterocycles. The highest BCUT2D eigenvalue weighted by molar-refractivity contribution is 7.80. The van der Waals surface area contributed by atoms with E-state index in [0.29, 0.717) is 18.7 Å². The van der Waals surface area contributed by atoms with Gasteiger partial charge in [-0.05, 0) is 41.0 Å². The number of rotatable bonds is 5. The lowest BCUT2D eigenvalue weighted by Crippen LogP contribution is -2.48. The fourth-order valence-electron chi connectivity index (χ4n) is 3.60. The van der Waals surface area contributed by atoms with Crippen LogP contribution in [0.1, 0.15) is 17.5 Å². The molecule has 0 spiro atoms. The summed E-state index contributed by atoms with van der Waals surface area (Å²) in [4.78, 5) is 15.4. The summed E-state index contributed by atoms with van der Waals surface area (Å²) in [6, 6.07) is 17.6. The third-order valence-electron chi connectivity index (χ3n) is 5.02. The number of hydrogen-bond acceptors (Lipinski definition) is 4. The number of amides is 1. The van der Waals surface area contributed by atoms with Crippen molar-refractivity contribution in [1.82, 2.24) is 5.32 Å². The topological polar surface area (TPSA) is 58.4 Å². The van der Waals surface area contributed by atoms with Crippen molar-refractivity contribution in [2.75, 3.05) is 10.7 Å². The molecule has 0 saturated carbocycles. The zero-order chi connectivity index (χ0) is 19.5. The Hall–Kier alpha value is -2.76. The van der Waals surface area contributed by atoms with Crippen LogP contribution in [-0.4, -0.2) is 17.7 Å². The van der Waals surface area contributed by atoms with Crippen molar-refractivity contribution >= 4 is 30.3 Å². The number of thiol groups is 1. The predicted octanol–water partition coefficient (Wildman–Crippen LogP) is 3.64. The number of allylic oxidation sites excluding steroid dienone is 4. The molecule has 0 aromatic heterocycles. The lowest BCUT2D eigenvalue weighted by atomic mass is 9.92. The molecule has 0 bridgehead atoms. The quantitative estimate of drug-likeness (QED) is 0.685. The molecule has 0 radical (unpaired) electrons. The van der Waals surface area contributed by atoms with Gasteiger partial charge in [-0.3, -0.25) is 9.69 Å². The number of nitrogens with zero attached hydrogens (tertiary/aromatic N) is 1. The molecule has 3 N–H and O–H groups in total. The minimum Gasteiger partial charge on any atom is -0.402 e. The monoisotopic (exact) mass is 389 g/mol. The molecule has 1 aliphatic carbocycles. The van der Waals surface area contributed by atoms with Crippen LogP contribution in [0.25, 0.3) is 6.08 Å². The summed E-state index contributed by atoms with van der Waals surface area (Å²) in [6.07, 6.45) is 6.59. The molecular weight excluding hydrogens is 366 g/mol. The Morgan fingerprint density at radius 3 is 2.64 bits per heavy atom. The molecule has 5 heteroatoms. The predicted molar refractivity (Wildman–Crippen MR) is 118 cm³/mol. The molecule has 0 unspecified atom stereocenters. The Morgan fingerprint density at radius 1 is 1.11 bits per heavy atom. The highest BCUT2D eigenvalue weighted by Crippen LogP contribution is 2.39.